The van der Waals surface area contributed by atoms with Crippen LogP contribution in [0.15, 0.2) is 48.5 Å². The van der Waals surface area contributed by atoms with Gasteiger partial charge in [0.05, 0.1) is 0 Å². The molecule has 0 aromatic heterocycles. The van der Waals surface area contributed by atoms with E-state index in [-0.39, 0.29) is 5.91 Å². The molecule has 0 saturated carbocycles. The first kappa shape index (κ1) is 20.9. The number of hydrogen-bond acceptors (Lipinski definition) is 6. The summed E-state index contributed by atoms with van der Waals surface area (Å²) in [7, 11) is 3.32. The second-order valence-electron chi connectivity index (χ2n) is 6.67. The van der Waals surface area contributed by atoms with Crippen molar-refractivity contribution in [3.05, 3.63) is 59.7 Å². The van der Waals surface area contributed by atoms with Gasteiger partial charge in [-0.15, -0.1) is 0 Å². The van der Waals surface area contributed by atoms with E-state index in [1.54, 1.807) is 62.6 Å². The highest BCUT2D eigenvalue weighted by atomic mass is 16.6. The smallest absolute Gasteiger partial charge is 0.331 e. The second-order valence-corrected chi connectivity index (χ2v) is 6.67. The highest BCUT2D eigenvalue weighted by molar-refractivity contribution is 5.96. The van der Waals surface area contributed by atoms with Crippen molar-refractivity contribution in [1.29, 1.82) is 0 Å². The quantitative estimate of drug-likeness (QED) is 0.580. The Labute approximate surface area is 174 Å². The number of ether oxygens (including phenoxy) is 3. The van der Waals surface area contributed by atoms with E-state index in [9.17, 15) is 14.4 Å². The number of carbonyl (C=O) groups excluding carboxylic acids is 3. The molecular weight excluding hydrogens is 388 g/mol. The number of esters is 1. The fourth-order valence-corrected chi connectivity index (χ4v) is 2.66. The van der Waals surface area contributed by atoms with Crippen molar-refractivity contribution in [3.8, 4) is 11.5 Å². The maximum Gasteiger partial charge on any atom is 0.331 e. The van der Waals surface area contributed by atoms with Gasteiger partial charge in [-0.3, -0.25) is 9.59 Å². The normalized spacial score (nSPS) is 12.3. The Morgan fingerprint density at radius 3 is 2.43 bits per heavy atom. The van der Waals surface area contributed by atoms with E-state index in [0.29, 0.717) is 36.0 Å². The minimum atomic E-state index is -0.646. The van der Waals surface area contributed by atoms with E-state index in [1.165, 1.54) is 11.0 Å². The minimum Gasteiger partial charge on any atom is -0.486 e. The van der Waals surface area contributed by atoms with E-state index in [2.05, 4.69) is 5.32 Å². The van der Waals surface area contributed by atoms with Crippen LogP contribution in [0.3, 0.4) is 0 Å². The first-order chi connectivity index (χ1) is 14.4. The summed E-state index contributed by atoms with van der Waals surface area (Å²) in [5.74, 6) is 0.0209. The largest absolute Gasteiger partial charge is 0.486 e. The number of fused-ring (bicyclic) bond motifs is 1. The van der Waals surface area contributed by atoms with E-state index >= 15 is 0 Å². The van der Waals surface area contributed by atoms with Crippen molar-refractivity contribution in [2.45, 2.75) is 0 Å². The Hall–Kier alpha value is -3.81. The molecule has 0 radical (unpaired) electrons. The van der Waals surface area contributed by atoms with Crippen LogP contribution in [-0.4, -0.2) is 56.6 Å². The van der Waals surface area contributed by atoms with Crippen LogP contribution < -0.4 is 14.8 Å². The first-order valence-corrected chi connectivity index (χ1v) is 9.28. The highest BCUT2D eigenvalue weighted by Crippen LogP contribution is 2.31. The molecule has 1 N–H and O–H groups in total. The molecule has 2 aromatic rings. The van der Waals surface area contributed by atoms with Crippen molar-refractivity contribution >= 4 is 29.5 Å². The molecule has 0 atom stereocenters. The van der Waals surface area contributed by atoms with Gasteiger partial charge in [0, 0.05) is 31.4 Å². The lowest BCUT2D eigenvalue weighted by molar-refractivity contribution is -0.142. The zero-order chi connectivity index (χ0) is 21.5. The van der Waals surface area contributed by atoms with Gasteiger partial charge in [0.2, 0.25) is 0 Å². The molecule has 0 bridgehead atoms. The fourth-order valence-electron chi connectivity index (χ4n) is 2.66. The van der Waals surface area contributed by atoms with Crippen LogP contribution in [0.2, 0.25) is 0 Å². The number of carbonyl (C=O) groups is 3. The van der Waals surface area contributed by atoms with Gasteiger partial charge in [0.25, 0.3) is 11.8 Å². The summed E-state index contributed by atoms with van der Waals surface area (Å²) < 4.78 is 15.9. The molecule has 3 rings (SSSR count). The number of hydrogen-bond donors (Lipinski definition) is 1. The molecule has 2 aromatic carbocycles. The van der Waals surface area contributed by atoms with Crippen LogP contribution in [-0.2, 0) is 14.3 Å². The molecule has 0 spiro atoms. The predicted octanol–water partition coefficient (Wildman–Crippen LogP) is 2.35. The van der Waals surface area contributed by atoms with Crippen LogP contribution in [0, 0.1) is 0 Å². The molecule has 8 heteroatoms. The number of anilines is 1. The van der Waals surface area contributed by atoms with E-state index in [0.717, 1.165) is 5.56 Å². The zero-order valence-electron chi connectivity index (χ0n) is 16.7. The molecule has 8 nitrogen and oxygen atoms in total. The lowest BCUT2D eigenvalue weighted by atomic mass is 10.2. The van der Waals surface area contributed by atoms with Gasteiger partial charge < -0.3 is 24.4 Å². The number of rotatable bonds is 6. The van der Waals surface area contributed by atoms with Crippen LogP contribution >= 0.6 is 0 Å². The van der Waals surface area contributed by atoms with Gasteiger partial charge in [0.15, 0.2) is 18.1 Å². The summed E-state index contributed by atoms with van der Waals surface area (Å²) >= 11 is 0. The third kappa shape index (κ3) is 5.60. The Morgan fingerprint density at radius 2 is 1.73 bits per heavy atom. The monoisotopic (exact) mass is 410 g/mol. The van der Waals surface area contributed by atoms with Gasteiger partial charge in [0.1, 0.15) is 13.2 Å². The van der Waals surface area contributed by atoms with Crippen LogP contribution in [0.25, 0.3) is 6.08 Å². The molecule has 0 aliphatic carbocycles. The van der Waals surface area contributed by atoms with E-state index in [1.807, 2.05) is 0 Å². The van der Waals surface area contributed by atoms with Crippen molar-refractivity contribution in [3.63, 3.8) is 0 Å². The average Bonchev–Trinajstić information content (AvgIpc) is 2.76. The predicted molar refractivity (Wildman–Crippen MR) is 111 cm³/mol. The van der Waals surface area contributed by atoms with E-state index in [4.69, 9.17) is 14.2 Å². The van der Waals surface area contributed by atoms with Crippen molar-refractivity contribution in [2.24, 2.45) is 0 Å². The number of nitrogens with zero attached hydrogens (tertiary/aromatic N) is 1. The standard InChI is InChI=1S/C22H22N2O6/c1-24(2)22(27)16-5-7-17(8-6-16)23-20(25)14-30-21(26)10-4-15-3-9-18-19(13-15)29-12-11-28-18/h3-10,13H,11-12,14H2,1-2H3,(H,23,25)/b10-4+. The first-order valence-electron chi connectivity index (χ1n) is 9.28. The van der Waals surface area contributed by atoms with Crippen LogP contribution in [0.5, 0.6) is 11.5 Å². The topological polar surface area (TPSA) is 94.2 Å². The molecule has 0 unspecified atom stereocenters. The van der Waals surface area contributed by atoms with Crippen molar-refractivity contribution in [1.82, 2.24) is 4.90 Å². The van der Waals surface area contributed by atoms with Crippen LogP contribution in [0.4, 0.5) is 5.69 Å². The van der Waals surface area contributed by atoms with E-state index < -0.39 is 18.5 Å². The molecule has 1 aliphatic heterocycles. The lowest BCUT2D eigenvalue weighted by Gasteiger charge is -2.18. The number of amides is 2. The van der Waals surface area contributed by atoms with Gasteiger partial charge in [-0.2, -0.15) is 0 Å². The maximum atomic E-state index is 12.0. The maximum absolute atomic E-state index is 12.0. The Bertz CT molecular complexity index is 966. The summed E-state index contributed by atoms with van der Waals surface area (Å²) in [6.07, 6.45) is 2.80. The molecule has 2 amide bonds. The zero-order valence-corrected chi connectivity index (χ0v) is 16.7. The third-order valence-corrected chi connectivity index (χ3v) is 4.15. The molecule has 1 heterocycles. The Kier molecular flexibility index (Phi) is 6.69. The van der Waals surface area contributed by atoms with Gasteiger partial charge in [-0.1, -0.05) is 6.07 Å². The molecule has 30 heavy (non-hydrogen) atoms. The van der Waals surface area contributed by atoms with Gasteiger partial charge in [-0.05, 0) is 48.0 Å². The fraction of sp³-hybridized carbons (Fsp3) is 0.227. The Morgan fingerprint density at radius 1 is 1.03 bits per heavy atom. The molecule has 1 aliphatic rings. The van der Waals surface area contributed by atoms with Crippen molar-refractivity contribution < 1.29 is 28.6 Å². The molecule has 0 saturated heterocycles. The average molecular weight is 410 g/mol. The summed E-state index contributed by atoms with van der Waals surface area (Å²) in [6, 6.07) is 11.8. The van der Waals surface area contributed by atoms with Crippen molar-refractivity contribution in [2.75, 3.05) is 39.2 Å². The van der Waals surface area contributed by atoms with Gasteiger partial charge >= 0.3 is 5.97 Å². The molecule has 156 valence electrons. The number of nitrogens with one attached hydrogen (secondary N) is 1. The second kappa shape index (κ2) is 9.60. The SMILES string of the molecule is CN(C)C(=O)c1ccc(NC(=O)COC(=O)/C=C/c2ccc3c(c2)OCCO3)cc1. The highest BCUT2D eigenvalue weighted by Gasteiger charge is 2.12. The summed E-state index contributed by atoms with van der Waals surface area (Å²) in [4.78, 5) is 37.1. The lowest BCUT2D eigenvalue weighted by Crippen LogP contribution is -2.22. The summed E-state index contributed by atoms with van der Waals surface area (Å²) in [5.41, 5.74) is 1.75. The molecular formula is C22H22N2O6. The minimum absolute atomic E-state index is 0.133. The number of benzene rings is 2. The Balaban J connectivity index is 1.47. The summed E-state index contributed by atoms with van der Waals surface area (Å²) in [5, 5.41) is 2.61. The molecule has 0 fully saturated rings. The van der Waals surface area contributed by atoms with Gasteiger partial charge in [-0.25, -0.2) is 4.79 Å². The third-order valence-electron chi connectivity index (χ3n) is 4.15. The summed E-state index contributed by atoms with van der Waals surface area (Å²) in [6.45, 7) is 0.559. The van der Waals surface area contributed by atoms with Crippen LogP contribution in [0.1, 0.15) is 15.9 Å².